The molecule has 1 aliphatic carbocycles. The van der Waals surface area contributed by atoms with Gasteiger partial charge in [0, 0.05) is 5.56 Å². The number of esters is 4. The van der Waals surface area contributed by atoms with E-state index in [2.05, 4.69) is 0 Å². The van der Waals surface area contributed by atoms with Crippen LogP contribution in [0.5, 0.6) is 11.5 Å². The molecule has 0 bridgehead atoms. The van der Waals surface area contributed by atoms with Crippen LogP contribution < -0.4 is 9.47 Å². The lowest BCUT2D eigenvalue weighted by Gasteiger charge is -2.33. The second-order valence-electron chi connectivity index (χ2n) is 12.5. The van der Waals surface area contributed by atoms with Gasteiger partial charge in [-0.15, -0.1) is 0 Å². The zero-order valence-electron chi connectivity index (χ0n) is 27.1. The fourth-order valence-corrected chi connectivity index (χ4v) is 6.97. The van der Waals surface area contributed by atoms with E-state index in [-0.39, 0.29) is 31.8 Å². The van der Waals surface area contributed by atoms with Gasteiger partial charge in [-0.2, -0.15) is 0 Å². The number of allylic oxidation sites excluding steroid dienone is 1. The van der Waals surface area contributed by atoms with Gasteiger partial charge in [-0.05, 0) is 70.5 Å². The SMILES string of the molecule is O=C1CC(C2CC3C(=O)OC(=O)C3c3cc(OCCOc4ccc(C(OO)c5ccc(/C=C/C(=O)c6ccccc6)cc5)cc4)ccc32)C(=O)O1. The van der Waals surface area contributed by atoms with Crippen molar-refractivity contribution in [3.63, 3.8) is 0 Å². The highest BCUT2D eigenvalue weighted by atomic mass is 17.1. The van der Waals surface area contributed by atoms with Crippen LogP contribution in [0.3, 0.4) is 0 Å². The Morgan fingerprint density at radius 1 is 0.725 bits per heavy atom. The molecule has 2 aliphatic heterocycles. The average Bonchev–Trinajstić information content (AvgIpc) is 3.65. The van der Waals surface area contributed by atoms with Crippen LogP contribution in [0.2, 0.25) is 0 Å². The first kappa shape index (κ1) is 33.6. The molecule has 0 amide bonds. The van der Waals surface area contributed by atoms with Crippen molar-refractivity contribution in [2.75, 3.05) is 13.2 Å². The third kappa shape index (κ3) is 7.07. The third-order valence-electron chi connectivity index (χ3n) is 9.48. The molecule has 258 valence electrons. The molecule has 0 saturated carbocycles. The van der Waals surface area contributed by atoms with Crippen LogP contribution in [0.15, 0.2) is 103 Å². The van der Waals surface area contributed by atoms with E-state index in [0.717, 1.165) is 5.56 Å². The molecule has 1 N–H and O–H groups in total. The zero-order chi connectivity index (χ0) is 35.5. The van der Waals surface area contributed by atoms with Crippen molar-refractivity contribution >= 4 is 35.7 Å². The number of carbonyl (C=O) groups is 5. The van der Waals surface area contributed by atoms with E-state index >= 15 is 0 Å². The van der Waals surface area contributed by atoms with Gasteiger partial charge in [0.05, 0.1) is 24.2 Å². The van der Waals surface area contributed by atoms with Crippen molar-refractivity contribution in [3.8, 4) is 11.5 Å². The Kier molecular flexibility index (Phi) is 9.56. The van der Waals surface area contributed by atoms with Crippen molar-refractivity contribution in [1.29, 1.82) is 0 Å². The standard InChI is InChI=1S/C40H32O11/c41-34(24-4-2-1-3-5-24)17-8-23-6-9-25(10-7-23)37(51-46)26-11-13-27(14-12-26)47-18-19-48-28-15-16-29-30(32-22-35(42)49-38(32)43)21-33-36(31(29)20-28)40(45)50-39(33)44/h1-17,20,30,32-33,36-37,46H,18-19,21-22H2/b17-8+. The molecule has 4 aromatic rings. The lowest BCUT2D eigenvalue weighted by atomic mass is 9.67. The Bertz CT molecular complexity index is 2000. The smallest absolute Gasteiger partial charge is 0.321 e. The average molecular weight is 689 g/mol. The van der Waals surface area contributed by atoms with Gasteiger partial charge in [0.25, 0.3) is 0 Å². The lowest BCUT2D eigenvalue weighted by Crippen LogP contribution is -2.31. The molecule has 2 heterocycles. The Labute approximate surface area is 292 Å². The summed E-state index contributed by atoms with van der Waals surface area (Å²) in [6.45, 7) is 0.342. The summed E-state index contributed by atoms with van der Waals surface area (Å²) >= 11 is 0. The number of hydrogen-bond donors (Lipinski definition) is 1. The van der Waals surface area contributed by atoms with Gasteiger partial charge in [0.15, 0.2) is 5.78 Å². The molecule has 3 aliphatic rings. The highest BCUT2D eigenvalue weighted by molar-refractivity contribution is 6.06. The predicted molar refractivity (Wildman–Crippen MR) is 180 cm³/mol. The molecule has 11 nitrogen and oxygen atoms in total. The van der Waals surface area contributed by atoms with E-state index in [1.54, 1.807) is 60.7 Å². The van der Waals surface area contributed by atoms with Gasteiger partial charge in [-0.25, -0.2) is 4.89 Å². The number of hydrogen-bond acceptors (Lipinski definition) is 11. The van der Waals surface area contributed by atoms with Gasteiger partial charge in [0.1, 0.15) is 30.8 Å². The first-order chi connectivity index (χ1) is 24.8. The summed E-state index contributed by atoms with van der Waals surface area (Å²) in [5.74, 6) is -4.40. The number of ether oxygens (including phenoxy) is 4. The van der Waals surface area contributed by atoms with Gasteiger partial charge < -0.3 is 18.9 Å². The number of ketones is 1. The minimum absolute atomic E-state index is 0.0849. The monoisotopic (exact) mass is 688 g/mol. The minimum Gasteiger partial charge on any atom is -0.490 e. The molecular weight excluding hydrogens is 656 g/mol. The molecule has 0 spiro atoms. The van der Waals surface area contributed by atoms with Gasteiger partial charge in [-0.3, -0.25) is 29.2 Å². The van der Waals surface area contributed by atoms with Crippen LogP contribution in [0, 0.1) is 11.8 Å². The largest absolute Gasteiger partial charge is 0.490 e. The molecule has 5 atom stereocenters. The quantitative estimate of drug-likeness (QED) is 0.0356. The minimum atomic E-state index is -0.813. The van der Waals surface area contributed by atoms with Crippen molar-refractivity contribution < 1.29 is 53.1 Å². The van der Waals surface area contributed by atoms with Gasteiger partial charge in [0.2, 0.25) is 0 Å². The molecule has 0 aromatic heterocycles. The number of cyclic esters (lactones) is 4. The summed E-state index contributed by atoms with van der Waals surface area (Å²) in [5, 5.41) is 9.72. The summed E-state index contributed by atoms with van der Waals surface area (Å²) in [6.07, 6.45) is 2.62. The fourth-order valence-electron chi connectivity index (χ4n) is 6.97. The molecule has 7 rings (SSSR count). The van der Waals surface area contributed by atoms with Crippen LogP contribution in [-0.2, 0) is 33.5 Å². The van der Waals surface area contributed by atoms with E-state index in [0.29, 0.717) is 39.3 Å². The highest BCUT2D eigenvalue weighted by Crippen LogP contribution is 2.51. The Morgan fingerprint density at radius 2 is 1.37 bits per heavy atom. The molecule has 2 fully saturated rings. The maximum atomic E-state index is 12.6. The molecule has 0 radical (unpaired) electrons. The van der Waals surface area contributed by atoms with Crippen LogP contribution in [0.1, 0.15) is 69.0 Å². The van der Waals surface area contributed by atoms with Crippen molar-refractivity contribution in [3.05, 3.63) is 137 Å². The number of carbonyl (C=O) groups excluding carboxylic acids is 5. The van der Waals surface area contributed by atoms with E-state index in [9.17, 15) is 29.2 Å². The van der Waals surface area contributed by atoms with E-state index in [1.165, 1.54) is 6.08 Å². The molecular formula is C40H32O11. The van der Waals surface area contributed by atoms with Gasteiger partial charge >= 0.3 is 23.9 Å². The van der Waals surface area contributed by atoms with Crippen LogP contribution in [0.4, 0.5) is 0 Å². The maximum absolute atomic E-state index is 12.6. The Balaban J connectivity index is 0.952. The molecule has 5 unspecified atom stereocenters. The molecule has 11 heteroatoms. The van der Waals surface area contributed by atoms with Crippen molar-refractivity contribution in [2.45, 2.75) is 30.8 Å². The Hall–Kier alpha value is -5.91. The summed E-state index contributed by atoms with van der Waals surface area (Å²) in [4.78, 5) is 66.5. The molecule has 2 saturated heterocycles. The fraction of sp³-hybridized carbons (Fsp3) is 0.225. The summed E-state index contributed by atoms with van der Waals surface area (Å²) in [5.41, 5.74) is 4.05. The lowest BCUT2D eigenvalue weighted by molar-refractivity contribution is -0.270. The zero-order valence-corrected chi connectivity index (χ0v) is 27.1. The summed E-state index contributed by atoms with van der Waals surface area (Å²) < 4.78 is 21.5. The first-order valence-corrected chi connectivity index (χ1v) is 16.5. The second kappa shape index (κ2) is 14.5. The van der Waals surface area contributed by atoms with E-state index in [1.807, 2.05) is 42.5 Å². The summed E-state index contributed by atoms with van der Waals surface area (Å²) in [7, 11) is 0. The van der Waals surface area contributed by atoms with Crippen molar-refractivity contribution in [2.24, 2.45) is 11.8 Å². The van der Waals surface area contributed by atoms with Crippen LogP contribution in [0.25, 0.3) is 6.08 Å². The van der Waals surface area contributed by atoms with E-state index in [4.69, 9.17) is 23.8 Å². The van der Waals surface area contributed by atoms with Crippen LogP contribution in [-0.4, -0.2) is 48.1 Å². The van der Waals surface area contributed by atoms with E-state index < -0.39 is 53.7 Å². The van der Waals surface area contributed by atoms with Crippen molar-refractivity contribution in [1.82, 2.24) is 0 Å². The first-order valence-electron chi connectivity index (χ1n) is 16.5. The number of benzene rings is 4. The number of rotatable bonds is 12. The molecule has 51 heavy (non-hydrogen) atoms. The third-order valence-corrected chi connectivity index (χ3v) is 9.48. The number of fused-ring (bicyclic) bond motifs is 3. The summed E-state index contributed by atoms with van der Waals surface area (Å²) in [6, 6.07) is 28.5. The predicted octanol–water partition coefficient (Wildman–Crippen LogP) is 5.98. The molecule has 4 aromatic carbocycles. The highest BCUT2D eigenvalue weighted by Gasteiger charge is 2.53. The normalized spacial score (nSPS) is 21.5. The Morgan fingerprint density at radius 3 is 2.04 bits per heavy atom. The van der Waals surface area contributed by atoms with Crippen LogP contribution >= 0.6 is 0 Å². The van der Waals surface area contributed by atoms with Gasteiger partial charge in [-0.1, -0.05) is 78.9 Å². The maximum Gasteiger partial charge on any atom is 0.321 e. The topological polar surface area (TPSA) is 152 Å². The second-order valence-corrected chi connectivity index (χ2v) is 12.5.